The first-order chi connectivity index (χ1) is 11.2. The van der Waals surface area contributed by atoms with E-state index in [1.54, 1.807) is 0 Å². The monoisotopic (exact) mass is 370 g/mol. The largest absolute Gasteiger partial charge is 0.480 e. The molecular formula is C14H11ClN2O6S. The molecule has 0 aliphatic carbocycles. The number of hydrogen-bond acceptors (Lipinski definition) is 5. The lowest BCUT2D eigenvalue weighted by molar-refractivity contribution is -0.385. The number of nitro benzene ring substituents is 1. The van der Waals surface area contributed by atoms with Crippen LogP contribution in [0.2, 0.25) is 5.02 Å². The fraction of sp³-hybridized carbons (Fsp3) is 0.0714. The van der Waals surface area contributed by atoms with Gasteiger partial charge in [0.05, 0.1) is 15.5 Å². The zero-order valence-corrected chi connectivity index (χ0v) is 13.6. The van der Waals surface area contributed by atoms with Gasteiger partial charge in [0.1, 0.15) is 6.54 Å². The quantitative estimate of drug-likeness (QED) is 0.616. The molecule has 0 unspecified atom stereocenters. The number of halogens is 1. The van der Waals surface area contributed by atoms with Crippen LogP contribution in [-0.4, -0.2) is 31.0 Å². The molecule has 0 aliphatic rings. The molecule has 2 aromatic rings. The number of anilines is 1. The summed E-state index contributed by atoms with van der Waals surface area (Å²) in [5.74, 6) is -1.39. The van der Waals surface area contributed by atoms with Crippen LogP contribution in [0.3, 0.4) is 0 Å². The molecule has 1 N–H and O–H groups in total. The molecule has 10 heteroatoms. The maximum absolute atomic E-state index is 12.8. The van der Waals surface area contributed by atoms with Gasteiger partial charge in [0.25, 0.3) is 15.7 Å². The molecule has 24 heavy (non-hydrogen) atoms. The lowest BCUT2D eigenvalue weighted by Crippen LogP contribution is -2.35. The van der Waals surface area contributed by atoms with Crippen LogP contribution in [0.25, 0.3) is 0 Å². The van der Waals surface area contributed by atoms with Crippen molar-refractivity contribution in [2.24, 2.45) is 0 Å². The van der Waals surface area contributed by atoms with E-state index in [1.807, 2.05) is 0 Å². The minimum atomic E-state index is -4.33. The normalized spacial score (nSPS) is 11.0. The molecular weight excluding hydrogens is 360 g/mol. The molecule has 0 bridgehead atoms. The predicted molar refractivity (Wildman–Crippen MR) is 86.7 cm³/mol. The summed E-state index contributed by atoms with van der Waals surface area (Å²) < 4.78 is 26.1. The van der Waals surface area contributed by atoms with Crippen LogP contribution in [0.1, 0.15) is 0 Å². The Morgan fingerprint density at radius 3 is 2.46 bits per heavy atom. The zero-order chi connectivity index (χ0) is 17.9. The molecule has 0 radical (unpaired) electrons. The summed E-state index contributed by atoms with van der Waals surface area (Å²) in [6.07, 6.45) is 0. The smallest absolute Gasteiger partial charge is 0.324 e. The molecule has 126 valence electrons. The van der Waals surface area contributed by atoms with Gasteiger partial charge in [-0.1, -0.05) is 23.7 Å². The summed E-state index contributed by atoms with van der Waals surface area (Å²) in [7, 11) is -4.33. The van der Waals surface area contributed by atoms with Gasteiger partial charge in [0.2, 0.25) is 0 Å². The third-order valence-corrected chi connectivity index (χ3v) is 5.00. The topological polar surface area (TPSA) is 118 Å². The number of aliphatic carboxylic acids is 1. The minimum absolute atomic E-state index is 0.0383. The molecule has 0 saturated heterocycles. The van der Waals surface area contributed by atoms with Crippen molar-refractivity contribution in [1.29, 1.82) is 0 Å². The van der Waals surface area contributed by atoms with E-state index in [-0.39, 0.29) is 10.7 Å². The summed E-state index contributed by atoms with van der Waals surface area (Å²) in [4.78, 5) is 20.8. The van der Waals surface area contributed by atoms with Crippen molar-refractivity contribution in [3.63, 3.8) is 0 Å². The number of benzene rings is 2. The Labute approximate surface area is 142 Å². The van der Waals surface area contributed by atoms with Gasteiger partial charge in [-0.05, 0) is 24.3 Å². The number of hydrogen-bond donors (Lipinski definition) is 1. The number of rotatable bonds is 6. The molecule has 2 aromatic carbocycles. The third kappa shape index (κ3) is 3.81. The number of carboxylic acids is 1. The van der Waals surface area contributed by atoms with E-state index in [0.29, 0.717) is 4.31 Å². The van der Waals surface area contributed by atoms with Crippen molar-refractivity contribution in [3.05, 3.63) is 63.7 Å². The average Bonchev–Trinajstić information content (AvgIpc) is 2.52. The van der Waals surface area contributed by atoms with Crippen LogP contribution < -0.4 is 4.31 Å². The fourth-order valence-electron chi connectivity index (χ4n) is 1.95. The Hall–Kier alpha value is -2.65. The molecule has 0 fully saturated rings. The van der Waals surface area contributed by atoms with Gasteiger partial charge >= 0.3 is 5.97 Å². The first-order valence-corrected chi connectivity index (χ1v) is 8.28. The van der Waals surface area contributed by atoms with E-state index < -0.39 is 38.0 Å². The molecule has 0 aliphatic heterocycles. The number of non-ortho nitro benzene ring substituents is 1. The maximum Gasteiger partial charge on any atom is 0.324 e. The Morgan fingerprint density at radius 2 is 1.88 bits per heavy atom. The van der Waals surface area contributed by atoms with Gasteiger partial charge in [0, 0.05) is 17.2 Å². The van der Waals surface area contributed by atoms with Gasteiger partial charge in [-0.25, -0.2) is 8.42 Å². The third-order valence-electron chi connectivity index (χ3n) is 2.99. The Bertz CT molecular complexity index is 900. The molecule has 0 atom stereocenters. The van der Waals surface area contributed by atoms with Crippen molar-refractivity contribution < 1.29 is 23.2 Å². The Balaban J connectivity index is 2.57. The molecule has 0 spiro atoms. The summed E-state index contributed by atoms with van der Waals surface area (Å²) in [6, 6.07) is 10.0. The second-order valence-corrected chi connectivity index (χ2v) is 6.94. The highest BCUT2D eigenvalue weighted by Crippen LogP contribution is 2.27. The Morgan fingerprint density at radius 1 is 1.21 bits per heavy atom. The van der Waals surface area contributed by atoms with E-state index in [0.717, 1.165) is 18.2 Å². The van der Waals surface area contributed by atoms with Gasteiger partial charge in [0.15, 0.2) is 0 Å². The van der Waals surface area contributed by atoms with Crippen LogP contribution in [0.5, 0.6) is 0 Å². The number of carboxylic acid groups (broad SMARTS) is 1. The van der Waals surface area contributed by atoms with Crippen LogP contribution in [0.15, 0.2) is 53.4 Å². The minimum Gasteiger partial charge on any atom is -0.480 e. The predicted octanol–water partition coefficient (Wildman–Crippen LogP) is 2.53. The highest BCUT2D eigenvalue weighted by molar-refractivity contribution is 7.92. The summed E-state index contributed by atoms with van der Waals surface area (Å²) >= 11 is 5.83. The van der Waals surface area contributed by atoms with Crippen molar-refractivity contribution in [2.45, 2.75) is 4.90 Å². The highest BCUT2D eigenvalue weighted by atomic mass is 35.5. The zero-order valence-electron chi connectivity index (χ0n) is 12.0. The lowest BCUT2D eigenvalue weighted by atomic mass is 10.3. The summed E-state index contributed by atoms with van der Waals surface area (Å²) in [5.41, 5.74) is -0.381. The first-order valence-electron chi connectivity index (χ1n) is 6.46. The van der Waals surface area contributed by atoms with Gasteiger partial charge in [-0.2, -0.15) is 0 Å². The van der Waals surface area contributed by atoms with E-state index in [2.05, 4.69) is 0 Å². The molecule has 0 heterocycles. The van der Waals surface area contributed by atoms with E-state index in [1.165, 1.54) is 30.3 Å². The van der Waals surface area contributed by atoms with E-state index >= 15 is 0 Å². The standard InChI is InChI=1S/C14H11ClN2O6S/c15-10-3-1-4-11(7-10)16(9-14(18)19)24(22,23)13-6-2-5-12(8-13)17(20)21/h1-8H,9H2,(H,18,19). The van der Waals surface area contributed by atoms with Crippen molar-refractivity contribution >= 4 is 39.0 Å². The van der Waals surface area contributed by atoms with Crippen LogP contribution in [-0.2, 0) is 14.8 Å². The molecule has 0 aromatic heterocycles. The summed E-state index contributed by atoms with van der Waals surface area (Å²) in [6.45, 7) is -0.856. The number of carbonyl (C=O) groups is 1. The average molecular weight is 371 g/mol. The molecule has 0 saturated carbocycles. The second kappa shape index (κ2) is 6.85. The highest BCUT2D eigenvalue weighted by Gasteiger charge is 2.28. The Kier molecular flexibility index (Phi) is 5.05. The van der Waals surface area contributed by atoms with Crippen molar-refractivity contribution in [2.75, 3.05) is 10.8 Å². The van der Waals surface area contributed by atoms with Crippen LogP contribution in [0, 0.1) is 10.1 Å². The van der Waals surface area contributed by atoms with Gasteiger partial charge in [-0.15, -0.1) is 0 Å². The van der Waals surface area contributed by atoms with Crippen LogP contribution >= 0.6 is 11.6 Å². The van der Waals surface area contributed by atoms with Gasteiger partial charge < -0.3 is 5.11 Å². The number of nitrogens with zero attached hydrogens (tertiary/aromatic N) is 2. The van der Waals surface area contributed by atoms with Crippen molar-refractivity contribution in [3.8, 4) is 0 Å². The second-order valence-electron chi connectivity index (χ2n) is 4.64. The number of nitro groups is 1. The summed E-state index contributed by atoms with van der Waals surface area (Å²) in [5, 5.41) is 20.1. The lowest BCUT2D eigenvalue weighted by Gasteiger charge is -2.22. The van der Waals surface area contributed by atoms with Crippen LogP contribution in [0.4, 0.5) is 11.4 Å². The maximum atomic E-state index is 12.8. The number of sulfonamides is 1. The SMILES string of the molecule is O=C(O)CN(c1cccc(Cl)c1)S(=O)(=O)c1cccc([N+](=O)[O-])c1. The molecule has 8 nitrogen and oxygen atoms in total. The van der Waals surface area contributed by atoms with E-state index in [9.17, 15) is 23.3 Å². The van der Waals surface area contributed by atoms with Gasteiger partial charge in [-0.3, -0.25) is 19.2 Å². The van der Waals surface area contributed by atoms with Crippen molar-refractivity contribution in [1.82, 2.24) is 0 Å². The fourth-order valence-corrected chi connectivity index (χ4v) is 3.58. The first kappa shape index (κ1) is 17.7. The molecule has 2 rings (SSSR count). The van der Waals surface area contributed by atoms with E-state index in [4.69, 9.17) is 16.7 Å². The molecule has 0 amide bonds.